The van der Waals surface area contributed by atoms with Crippen molar-refractivity contribution in [3.63, 3.8) is 0 Å². The van der Waals surface area contributed by atoms with E-state index in [2.05, 4.69) is 73.6 Å². The van der Waals surface area contributed by atoms with E-state index in [0.717, 1.165) is 26.0 Å². The van der Waals surface area contributed by atoms with Crippen LogP contribution in [0, 0.1) is 5.92 Å². The van der Waals surface area contributed by atoms with Crippen molar-refractivity contribution >= 4 is 0 Å². The monoisotopic (exact) mass is 295 g/mol. The van der Waals surface area contributed by atoms with Gasteiger partial charge >= 0.3 is 0 Å². The summed E-state index contributed by atoms with van der Waals surface area (Å²) in [5, 5.41) is 0. The third-order valence-electron chi connectivity index (χ3n) is 4.45. The molecule has 116 valence electrons. The van der Waals surface area contributed by atoms with Crippen molar-refractivity contribution < 1.29 is 4.74 Å². The normalized spacial score (nSPS) is 20.3. The molecule has 0 radical (unpaired) electrons. The van der Waals surface area contributed by atoms with Crippen LogP contribution in [-0.2, 0) is 17.6 Å². The minimum Gasteiger partial charge on any atom is -0.372 e. The Morgan fingerprint density at radius 1 is 1.00 bits per heavy atom. The molecule has 0 bridgehead atoms. The van der Waals surface area contributed by atoms with Crippen LogP contribution >= 0.6 is 0 Å². The Morgan fingerprint density at radius 3 is 2.50 bits per heavy atom. The maximum Gasteiger partial charge on any atom is 0.0862 e. The number of likely N-dealkylation sites (N-methyl/N-ethyl adjacent to an activating group) is 1. The van der Waals surface area contributed by atoms with E-state index in [-0.39, 0.29) is 6.10 Å². The first kappa shape index (κ1) is 15.3. The van der Waals surface area contributed by atoms with Gasteiger partial charge in [-0.05, 0) is 49.5 Å². The molecular weight excluding hydrogens is 270 g/mol. The number of hydrogen-bond donors (Lipinski definition) is 0. The third-order valence-corrected chi connectivity index (χ3v) is 4.45. The Hall–Kier alpha value is -1.64. The van der Waals surface area contributed by atoms with Gasteiger partial charge in [0.05, 0.1) is 12.7 Å². The molecule has 3 rings (SSSR count). The minimum absolute atomic E-state index is 0.233. The highest BCUT2D eigenvalue weighted by molar-refractivity contribution is 5.35. The minimum atomic E-state index is 0.233. The van der Waals surface area contributed by atoms with E-state index in [9.17, 15) is 0 Å². The second-order valence-electron chi connectivity index (χ2n) is 6.45. The van der Waals surface area contributed by atoms with Gasteiger partial charge in [0, 0.05) is 6.54 Å². The second-order valence-corrected chi connectivity index (χ2v) is 6.45. The Kier molecular flexibility index (Phi) is 4.91. The molecule has 0 spiro atoms. The van der Waals surface area contributed by atoms with Crippen molar-refractivity contribution in [1.82, 2.24) is 4.90 Å². The number of benzene rings is 2. The first-order valence-electron chi connectivity index (χ1n) is 8.12. The lowest BCUT2D eigenvalue weighted by atomic mass is 9.94. The lowest BCUT2D eigenvalue weighted by Gasteiger charge is -2.22. The Balaban J connectivity index is 1.74. The summed E-state index contributed by atoms with van der Waals surface area (Å²) in [5.41, 5.74) is 4.25. The van der Waals surface area contributed by atoms with E-state index in [0.29, 0.717) is 5.92 Å². The number of fused-ring (bicyclic) bond motifs is 1. The average molecular weight is 295 g/mol. The Bertz CT molecular complexity index is 594. The highest BCUT2D eigenvalue weighted by Gasteiger charge is 2.32. The van der Waals surface area contributed by atoms with E-state index < -0.39 is 0 Å². The predicted molar refractivity (Wildman–Crippen MR) is 91.0 cm³/mol. The zero-order chi connectivity index (χ0) is 15.4. The number of hydrogen-bond acceptors (Lipinski definition) is 2. The molecule has 0 aliphatic heterocycles. The van der Waals surface area contributed by atoms with E-state index >= 15 is 0 Å². The fraction of sp³-hybridized carbons (Fsp3) is 0.400. The lowest BCUT2D eigenvalue weighted by molar-refractivity contribution is 0.0131. The van der Waals surface area contributed by atoms with Gasteiger partial charge in [-0.25, -0.2) is 0 Å². The summed E-state index contributed by atoms with van der Waals surface area (Å²) in [6.07, 6.45) is 2.44. The summed E-state index contributed by atoms with van der Waals surface area (Å²) in [6.45, 7) is 1.76. The van der Waals surface area contributed by atoms with E-state index in [1.54, 1.807) is 0 Å². The van der Waals surface area contributed by atoms with E-state index in [1.165, 1.54) is 16.7 Å². The van der Waals surface area contributed by atoms with E-state index in [4.69, 9.17) is 4.74 Å². The molecule has 0 N–H and O–H groups in total. The fourth-order valence-corrected chi connectivity index (χ4v) is 3.33. The molecule has 22 heavy (non-hydrogen) atoms. The lowest BCUT2D eigenvalue weighted by Crippen LogP contribution is -2.22. The van der Waals surface area contributed by atoms with E-state index in [1.807, 2.05) is 0 Å². The van der Waals surface area contributed by atoms with Crippen LogP contribution in [0.25, 0.3) is 0 Å². The van der Waals surface area contributed by atoms with Crippen molar-refractivity contribution in [3.05, 3.63) is 71.3 Å². The van der Waals surface area contributed by atoms with Crippen molar-refractivity contribution in [2.24, 2.45) is 5.92 Å². The summed E-state index contributed by atoms with van der Waals surface area (Å²) in [5.74, 6) is 0.543. The molecule has 0 fully saturated rings. The van der Waals surface area contributed by atoms with Crippen LogP contribution in [0.1, 0.15) is 22.8 Å². The molecule has 0 unspecified atom stereocenters. The van der Waals surface area contributed by atoms with Crippen molar-refractivity contribution in [2.75, 3.05) is 27.2 Å². The van der Waals surface area contributed by atoms with Crippen LogP contribution in [0.4, 0.5) is 0 Å². The Morgan fingerprint density at radius 2 is 1.73 bits per heavy atom. The molecule has 0 amide bonds. The maximum absolute atomic E-state index is 6.28. The number of ether oxygens (including phenoxy) is 1. The summed E-state index contributed by atoms with van der Waals surface area (Å²) >= 11 is 0. The molecule has 1 aliphatic carbocycles. The first-order valence-corrected chi connectivity index (χ1v) is 8.12. The largest absolute Gasteiger partial charge is 0.372 e. The van der Waals surface area contributed by atoms with Crippen LogP contribution in [-0.4, -0.2) is 32.1 Å². The van der Waals surface area contributed by atoms with Gasteiger partial charge in [0.15, 0.2) is 0 Å². The second kappa shape index (κ2) is 7.08. The van der Waals surface area contributed by atoms with Gasteiger partial charge in [0.2, 0.25) is 0 Å². The summed E-state index contributed by atoms with van der Waals surface area (Å²) in [7, 11) is 4.18. The fourth-order valence-electron chi connectivity index (χ4n) is 3.33. The smallest absolute Gasteiger partial charge is 0.0862 e. The number of rotatable bonds is 6. The quantitative estimate of drug-likeness (QED) is 0.805. The molecule has 0 saturated heterocycles. The summed E-state index contributed by atoms with van der Waals surface area (Å²) < 4.78 is 6.28. The third kappa shape index (κ3) is 3.57. The topological polar surface area (TPSA) is 12.5 Å². The van der Waals surface area contributed by atoms with Gasteiger partial charge in [-0.2, -0.15) is 0 Å². The van der Waals surface area contributed by atoms with Gasteiger partial charge < -0.3 is 9.64 Å². The molecule has 0 heterocycles. The average Bonchev–Trinajstić information content (AvgIpc) is 2.86. The van der Waals surface area contributed by atoms with Crippen LogP contribution in [0.5, 0.6) is 0 Å². The maximum atomic E-state index is 6.28. The number of nitrogens with zero attached hydrogens (tertiary/aromatic N) is 1. The molecular formula is C20H25NO. The highest BCUT2D eigenvalue weighted by atomic mass is 16.5. The van der Waals surface area contributed by atoms with Crippen molar-refractivity contribution in [3.8, 4) is 0 Å². The van der Waals surface area contributed by atoms with Crippen molar-refractivity contribution in [1.29, 1.82) is 0 Å². The van der Waals surface area contributed by atoms with Crippen molar-refractivity contribution in [2.45, 2.75) is 18.9 Å². The molecule has 2 nitrogen and oxygen atoms in total. The van der Waals surface area contributed by atoms with Gasteiger partial charge in [0.1, 0.15) is 0 Å². The standard InChI is InChI=1S/C20H25NO/c1-21(2)12-13-22-20-18(14-16-8-4-3-5-9-16)15-17-10-6-7-11-19(17)20/h3-11,18,20H,12-15H2,1-2H3/t18-,20+/m1/s1. The van der Waals surface area contributed by atoms with Crippen LogP contribution in [0.2, 0.25) is 0 Å². The van der Waals surface area contributed by atoms with Crippen LogP contribution in [0.15, 0.2) is 54.6 Å². The van der Waals surface area contributed by atoms with Gasteiger partial charge in [-0.15, -0.1) is 0 Å². The molecule has 2 aromatic carbocycles. The van der Waals surface area contributed by atoms with Gasteiger partial charge in [0.25, 0.3) is 0 Å². The molecule has 2 heteroatoms. The summed E-state index contributed by atoms with van der Waals surface area (Å²) in [6, 6.07) is 19.5. The first-order chi connectivity index (χ1) is 10.7. The molecule has 2 atom stereocenters. The molecule has 1 aliphatic rings. The predicted octanol–water partition coefficient (Wildman–Crippen LogP) is 3.72. The molecule has 0 saturated carbocycles. The molecule has 0 aromatic heterocycles. The SMILES string of the molecule is CN(C)CCO[C@@H]1c2ccccc2C[C@H]1Cc1ccccc1. The zero-order valence-corrected chi connectivity index (χ0v) is 13.5. The van der Waals surface area contributed by atoms with Gasteiger partial charge in [-0.1, -0.05) is 54.6 Å². The summed E-state index contributed by atoms with van der Waals surface area (Å²) in [4.78, 5) is 2.17. The van der Waals surface area contributed by atoms with Crippen LogP contribution in [0.3, 0.4) is 0 Å². The van der Waals surface area contributed by atoms with Gasteiger partial charge in [-0.3, -0.25) is 0 Å². The molecule has 2 aromatic rings. The van der Waals surface area contributed by atoms with Crippen LogP contribution < -0.4 is 0 Å². The highest BCUT2D eigenvalue weighted by Crippen LogP contribution is 2.40. The zero-order valence-electron chi connectivity index (χ0n) is 13.5. The Labute approximate surface area is 133 Å².